The average molecular weight is 345 g/mol. The topological polar surface area (TPSA) is 98.1 Å². The molecule has 8 nitrogen and oxygen atoms in total. The van der Waals surface area contributed by atoms with Crippen LogP contribution < -0.4 is 10.6 Å². The predicted octanol–water partition coefficient (Wildman–Crippen LogP) is 2.43. The first-order valence-corrected chi connectivity index (χ1v) is 8.00. The minimum absolute atomic E-state index is 0.0972. The van der Waals surface area contributed by atoms with Crippen LogP contribution in [0.4, 0.5) is 10.7 Å². The number of hydrogen-bond donors (Lipinski definition) is 2. The van der Waals surface area contributed by atoms with E-state index in [1.54, 1.807) is 32.4 Å². The van der Waals surface area contributed by atoms with Crippen molar-refractivity contribution >= 4 is 17.9 Å². The number of hydrogen-bond acceptors (Lipinski definition) is 5. The van der Waals surface area contributed by atoms with Gasteiger partial charge in [0.25, 0.3) is 0 Å². The highest BCUT2D eigenvalue weighted by molar-refractivity contribution is 5.89. The predicted molar refractivity (Wildman–Crippen MR) is 93.6 cm³/mol. The number of carbonyl (C=O) groups excluding carboxylic acids is 2. The van der Waals surface area contributed by atoms with Gasteiger partial charge >= 0.3 is 6.09 Å². The monoisotopic (exact) mass is 345 g/mol. The number of nitrogens with one attached hydrogen (secondary N) is 2. The van der Waals surface area contributed by atoms with Crippen LogP contribution in [-0.2, 0) is 9.53 Å². The zero-order valence-corrected chi connectivity index (χ0v) is 14.9. The molecule has 0 atom stereocenters. The van der Waals surface area contributed by atoms with Gasteiger partial charge in [0.2, 0.25) is 11.9 Å². The molecule has 0 radical (unpaired) electrons. The van der Waals surface area contributed by atoms with E-state index in [1.807, 2.05) is 30.3 Å². The number of aromatic nitrogens is 3. The van der Waals surface area contributed by atoms with E-state index < -0.39 is 11.7 Å². The van der Waals surface area contributed by atoms with E-state index in [-0.39, 0.29) is 18.9 Å². The summed E-state index contributed by atoms with van der Waals surface area (Å²) in [4.78, 5) is 27.9. The third-order valence-electron chi connectivity index (χ3n) is 2.99. The second-order valence-corrected chi connectivity index (χ2v) is 6.46. The van der Waals surface area contributed by atoms with E-state index in [9.17, 15) is 9.59 Å². The van der Waals surface area contributed by atoms with E-state index in [4.69, 9.17) is 4.74 Å². The molecule has 2 amide bonds. The summed E-state index contributed by atoms with van der Waals surface area (Å²) in [5, 5.41) is 9.54. The molecule has 0 bridgehead atoms. The molecule has 1 aromatic heterocycles. The number of ether oxygens (including phenoxy) is 1. The van der Waals surface area contributed by atoms with Gasteiger partial charge in [-0.05, 0) is 39.8 Å². The number of rotatable bonds is 5. The Morgan fingerprint density at radius 3 is 2.52 bits per heavy atom. The van der Waals surface area contributed by atoms with Crippen molar-refractivity contribution in [2.24, 2.45) is 0 Å². The fraction of sp³-hybridized carbons (Fsp3) is 0.412. The maximum absolute atomic E-state index is 12.1. The molecule has 2 aromatic rings. The standard InChI is InChI=1S/C17H23N5O3/c1-12-19-15(22(21-12)13-8-6-5-7-9-13)20-14(23)10-11-18-16(24)25-17(2,3)4/h5-9H,10-11H2,1-4H3,(H,18,24)(H,19,20,21,23). The Hall–Kier alpha value is -2.90. The molecule has 1 heterocycles. The molecule has 134 valence electrons. The Morgan fingerprint density at radius 1 is 1.20 bits per heavy atom. The second-order valence-electron chi connectivity index (χ2n) is 6.46. The Balaban J connectivity index is 1.90. The summed E-state index contributed by atoms with van der Waals surface area (Å²) in [6, 6.07) is 9.39. The third kappa shape index (κ3) is 5.91. The van der Waals surface area contributed by atoms with Gasteiger partial charge in [-0.1, -0.05) is 18.2 Å². The number of benzene rings is 1. The molecular weight excluding hydrogens is 322 g/mol. The molecule has 8 heteroatoms. The lowest BCUT2D eigenvalue weighted by Gasteiger charge is -2.19. The maximum atomic E-state index is 12.1. The van der Waals surface area contributed by atoms with Crippen molar-refractivity contribution in [2.45, 2.75) is 39.7 Å². The van der Waals surface area contributed by atoms with Gasteiger partial charge in [0.1, 0.15) is 11.4 Å². The fourth-order valence-corrected chi connectivity index (χ4v) is 2.02. The van der Waals surface area contributed by atoms with Crippen LogP contribution in [0.5, 0.6) is 0 Å². The van der Waals surface area contributed by atoms with Gasteiger partial charge in [-0.3, -0.25) is 10.1 Å². The van der Waals surface area contributed by atoms with E-state index in [1.165, 1.54) is 0 Å². The molecular formula is C17H23N5O3. The number of aryl methyl sites for hydroxylation is 1. The first kappa shape index (κ1) is 18.4. The Morgan fingerprint density at radius 2 is 1.88 bits per heavy atom. The number of para-hydroxylation sites is 1. The zero-order chi connectivity index (χ0) is 18.4. The average Bonchev–Trinajstić information content (AvgIpc) is 2.86. The fourth-order valence-electron chi connectivity index (χ4n) is 2.02. The van der Waals surface area contributed by atoms with Crippen molar-refractivity contribution in [1.82, 2.24) is 20.1 Å². The number of alkyl carbamates (subject to hydrolysis) is 1. The summed E-state index contributed by atoms with van der Waals surface area (Å²) >= 11 is 0. The van der Waals surface area contributed by atoms with Crippen molar-refractivity contribution in [3.63, 3.8) is 0 Å². The van der Waals surface area contributed by atoms with Gasteiger partial charge in [-0.25, -0.2) is 4.79 Å². The molecule has 0 saturated heterocycles. The molecule has 2 N–H and O–H groups in total. The quantitative estimate of drug-likeness (QED) is 0.867. The minimum atomic E-state index is -0.573. The largest absolute Gasteiger partial charge is 0.444 e. The van der Waals surface area contributed by atoms with Crippen molar-refractivity contribution in [3.05, 3.63) is 36.2 Å². The molecule has 0 aliphatic rings. The molecule has 0 aliphatic carbocycles. The van der Waals surface area contributed by atoms with Gasteiger partial charge in [-0.2, -0.15) is 9.67 Å². The molecule has 0 aliphatic heterocycles. The van der Waals surface area contributed by atoms with Gasteiger partial charge in [-0.15, -0.1) is 5.10 Å². The Kier molecular flexibility index (Phi) is 5.74. The molecule has 1 aromatic carbocycles. The summed E-state index contributed by atoms with van der Waals surface area (Å²) in [5.74, 6) is 0.609. The summed E-state index contributed by atoms with van der Waals surface area (Å²) in [6.07, 6.45) is -0.455. The van der Waals surface area contributed by atoms with Crippen LogP contribution >= 0.6 is 0 Å². The van der Waals surface area contributed by atoms with E-state index in [0.29, 0.717) is 11.8 Å². The summed E-state index contributed by atoms with van der Waals surface area (Å²) in [5.41, 5.74) is 0.223. The lowest BCUT2D eigenvalue weighted by atomic mass is 10.2. The van der Waals surface area contributed by atoms with E-state index >= 15 is 0 Å². The van der Waals surface area contributed by atoms with Gasteiger partial charge in [0.05, 0.1) is 5.69 Å². The minimum Gasteiger partial charge on any atom is -0.444 e. The van der Waals surface area contributed by atoms with Crippen LogP contribution in [0.25, 0.3) is 5.69 Å². The van der Waals surface area contributed by atoms with Gasteiger partial charge in [0.15, 0.2) is 0 Å². The number of anilines is 1. The lowest BCUT2D eigenvalue weighted by molar-refractivity contribution is -0.116. The second kappa shape index (κ2) is 7.78. The van der Waals surface area contributed by atoms with Gasteiger partial charge < -0.3 is 10.1 Å². The van der Waals surface area contributed by atoms with Crippen LogP contribution in [0.15, 0.2) is 30.3 Å². The third-order valence-corrected chi connectivity index (χ3v) is 2.99. The Labute approximate surface area is 146 Å². The zero-order valence-electron chi connectivity index (χ0n) is 14.9. The molecule has 0 saturated carbocycles. The Bertz CT molecular complexity index is 734. The first-order valence-electron chi connectivity index (χ1n) is 8.00. The number of nitrogens with zero attached hydrogens (tertiary/aromatic N) is 3. The lowest BCUT2D eigenvalue weighted by Crippen LogP contribution is -2.34. The van der Waals surface area contributed by atoms with Crippen LogP contribution in [0.1, 0.15) is 33.0 Å². The van der Waals surface area contributed by atoms with Crippen molar-refractivity contribution in [3.8, 4) is 5.69 Å². The molecule has 0 fully saturated rings. The SMILES string of the molecule is Cc1nc(NC(=O)CCNC(=O)OC(C)(C)C)n(-c2ccccc2)n1. The van der Waals surface area contributed by atoms with Crippen molar-refractivity contribution in [2.75, 3.05) is 11.9 Å². The van der Waals surface area contributed by atoms with Crippen molar-refractivity contribution < 1.29 is 14.3 Å². The van der Waals surface area contributed by atoms with Crippen LogP contribution in [0.2, 0.25) is 0 Å². The summed E-state index contributed by atoms with van der Waals surface area (Å²) in [6.45, 7) is 7.24. The first-order chi connectivity index (χ1) is 11.7. The summed E-state index contributed by atoms with van der Waals surface area (Å²) < 4.78 is 6.67. The number of amides is 2. The van der Waals surface area contributed by atoms with Crippen LogP contribution in [-0.4, -0.2) is 38.9 Å². The molecule has 2 rings (SSSR count). The highest BCUT2D eigenvalue weighted by atomic mass is 16.6. The van der Waals surface area contributed by atoms with E-state index in [2.05, 4.69) is 20.7 Å². The van der Waals surface area contributed by atoms with Gasteiger partial charge in [0, 0.05) is 13.0 Å². The molecule has 0 spiro atoms. The van der Waals surface area contributed by atoms with Crippen molar-refractivity contribution in [1.29, 1.82) is 0 Å². The smallest absolute Gasteiger partial charge is 0.407 e. The highest BCUT2D eigenvalue weighted by Crippen LogP contribution is 2.13. The highest BCUT2D eigenvalue weighted by Gasteiger charge is 2.16. The number of carbonyl (C=O) groups is 2. The molecule has 25 heavy (non-hydrogen) atoms. The van der Waals surface area contributed by atoms with E-state index in [0.717, 1.165) is 5.69 Å². The van der Waals surface area contributed by atoms with Crippen LogP contribution in [0.3, 0.4) is 0 Å². The maximum Gasteiger partial charge on any atom is 0.407 e. The molecule has 0 unspecified atom stereocenters. The normalized spacial score (nSPS) is 11.0. The van der Waals surface area contributed by atoms with Crippen LogP contribution in [0, 0.1) is 6.92 Å². The summed E-state index contributed by atoms with van der Waals surface area (Å²) in [7, 11) is 0.